The highest BCUT2D eigenvalue weighted by molar-refractivity contribution is 8.00. The smallest absolute Gasteiger partial charge is 0.251 e. The topological polar surface area (TPSA) is 58.6 Å². The summed E-state index contributed by atoms with van der Waals surface area (Å²) in [6.07, 6.45) is 2.18. The average molecular weight is 431 g/mol. The zero-order valence-electron chi connectivity index (χ0n) is 16.0. The molecule has 152 valence electrons. The van der Waals surface area contributed by atoms with Crippen LogP contribution in [0.3, 0.4) is 0 Å². The van der Waals surface area contributed by atoms with Gasteiger partial charge in [0.15, 0.2) is 0 Å². The van der Waals surface area contributed by atoms with Crippen LogP contribution < -0.4 is 5.32 Å². The fourth-order valence-electron chi connectivity index (χ4n) is 3.60. The van der Waals surface area contributed by atoms with Gasteiger partial charge in [-0.15, -0.1) is 11.8 Å². The van der Waals surface area contributed by atoms with Gasteiger partial charge in [0.25, 0.3) is 5.91 Å². The molecule has 0 aromatic heterocycles. The van der Waals surface area contributed by atoms with Gasteiger partial charge >= 0.3 is 0 Å². The Kier molecular flexibility index (Phi) is 6.43. The summed E-state index contributed by atoms with van der Waals surface area (Å²) < 4.78 is 5.54. The highest BCUT2D eigenvalue weighted by Gasteiger charge is 2.32. The second kappa shape index (κ2) is 9.20. The summed E-state index contributed by atoms with van der Waals surface area (Å²) in [6, 6.07) is 15.1. The molecule has 1 N–H and O–H groups in total. The zero-order valence-corrected chi connectivity index (χ0v) is 17.5. The number of benzene rings is 2. The minimum Gasteiger partial charge on any atom is -0.376 e. The molecular formula is C22H23ClN2O3S. The van der Waals surface area contributed by atoms with Gasteiger partial charge in [-0.2, -0.15) is 0 Å². The molecule has 0 saturated carbocycles. The lowest BCUT2D eigenvalue weighted by Gasteiger charge is -2.24. The number of nitrogens with zero attached hydrogens (tertiary/aromatic N) is 1. The van der Waals surface area contributed by atoms with Crippen LogP contribution in [-0.2, 0) is 16.1 Å². The summed E-state index contributed by atoms with van der Waals surface area (Å²) >= 11 is 7.57. The van der Waals surface area contributed by atoms with Crippen LogP contribution in [0.4, 0.5) is 0 Å². The third kappa shape index (κ3) is 4.94. The molecular weight excluding hydrogens is 408 g/mol. The van der Waals surface area contributed by atoms with Crippen LogP contribution in [0.25, 0.3) is 0 Å². The van der Waals surface area contributed by atoms with Crippen LogP contribution in [0.15, 0.2) is 48.5 Å². The van der Waals surface area contributed by atoms with E-state index in [4.69, 9.17) is 16.3 Å². The van der Waals surface area contributed by atoms with Gasteiger partial charge in [0.2, 0.25) is 5.91 Å². The Morgan fingerprint density at radius 2 is 1.93 bits per heavy atom. The van der Waals surface area contributed by atoms with Crippen molar-refractivity contribution in [3.63, 3.8) is 0 Å². The molecule has 2 amide bonds. The molecule has 2 heterocycles. The van der Waals surface area contributed by atoms with E-state index in [0.717, 1.165) is 30.6 Å². The molecule has 2 aromatic carbocycles. The number of hydrogen-bond acceptors (Lipinski definition) is 4. The maximum Gasteiger partial charge on any atom is 0.251 e. The van der Waals surface area contributed by atoms with Crippen molar-refractivity contribution in [3.8, 4) is 0 Å². The highest BCUT2D eigenvalue weighted by Crippen LogP contribution is 2.39. The van der Waals surface area contributed by atoms with Crippen LogP contribution in [0.1, 0.15) is 39.7 Å². The number of nitrogens with one attached hydrogen (secondary N) is 1. The number of amides is 2. The van der Waals surface area contributed by atoms with Gasteiger partial charge in [-0.05, 0) is 48.2 Å². The Morgan fingerprint density at radius 1 is 1.17 bits per heavy atom. The van der Waals surface area contributed by atoms with Gasteiger partial charge in [-0.1, -0.05) is 35.9 Å². The lowest BCUT2D eigenvalue weighted by molar-refractivity contribution is -0.128. The summed E-state index contributed by atoms with van der Waals surface area (Å²) in [5, 5.41) is 3.57. The molecule has 5 nitrogen and oxygen atoms in total. The predicted octanol–water partition coefficient (Wildman–Crippen LogP) is 4.02. The van der Waals surface area contributed by atoms with Crippen LogP contribution in [-0.4, -0.2) is 41.7 Å². The molecule has 29 heavy (non-hydrogen) atoms. The maximum absolute atomic E-state index is 12.4. The Morgan fingerprint density at radius 3 is 2.62 bits per heavy atom. The van der Waals surface area contributed by atoms with E-state index in [1.54, 1.807) is 11.8 Å². The summed E-state index contributed by atoms with van der Waals surface area (Å²) in [7, 11) is 0. The number of halogens is 1. The molecule has 7 heteroatoms. The van der Waals surface area contributed by atoms with Crippen LogP contribution >= 0.6 is 23.4 Å². The Balaban J connectivity index is 1.40. The van der Waals surface area contributed by atoms with E-state index in [-0.39, 0.29) is 23.3 Å². The summed E-state index contributed by atoms with van der Waals surface area (Å²) in [5.41, 5.74) is 2.68. The molecule has 0 aliphatic carbocycles. The van der Waals surface area contributed by atoms with E-state index >= 15 is 0 Å². The minimum absolute atomic E-state index is 0.0535. The summed E-state index contributed by atoms with van der Waals surface area (Å²) in [6.45, 7) is 1.86. The molecule has 0 spiro atoms. The molecule has 2 atom stereocenters. The summed E-state index contributed by atoms with van der Waals surface area (Å²) in [5.74, 6) is 0.482. The van der Waals surface area contributed by atoms with Crippen molar-refractivity contribution < 1.29 is 14.3 Å². The van der Waals surface area contributed by atoms with E-state index < -0.39 is 0 Å². The standard InChI is InChI=1S/C22H23ClN2O3S/c23-18-9-3-15(4-10-18)13-25-20(26)14-29-22(25)17-7-5-16(6-8-17)21(27)24-12-19-2-1-11-28-19/h3-10,19,22H,1-2,11-14H2,(H,24,27)/t19-,22+/m0/s1. The second-order valence-electron chi connectivity index (χ2n) is 7.28. The van der Waals surface area contributed by atoms with Crippen LogP contribution in [0.5, 0.6) is 0 Å². The molecule has 2 aromatic rings. The van der Waals surface area contributed by atoms with Crippen LogP contribution in [0, 0.1) is 0 Å². The van der Waals surface area contributed by atoms with Gasteiger partial charge in [-0.25, -0.2) is 0 Å². The van der Waals surface area contributed by atoms with E-state index in [0.29, 0.717) is 29.4 Å². The van der Waals surface area contributed by atoms with E-state index in [1.165, 1.54) is 0 Å². The number of carbonyl (C=O) groups excluding carboxylic acids is 2. The van der Waals surface area contributed by atoms with E-state index in [1.807, 2.05) is 53.4 Å². The lowest BCUT2D eigenvalue weighted by Crippen LogP contribution is -2.31. The van der Waals surface area contributed by atoms with Gasteiger partial charge in [-0.3, -0.25) is 9.59 Å². The first-order valence-corrected chi connectivity index (χ1v) is 11.2. The molecule has 4 rings (SSSR count). The number of ether oxygens (including phenoxy) is 1. The normalized spacial score (nSPS) is 21.6. The molecule has 2 saturated heterocycles. The van der Waals surface area contributed by atoms with Gasteiger partial charge in [0.1, 0.15) is 5.37 Å². The molecule has 0 radical (unpaired) electrons. The quantitative estimate of drug-likeness (QED) is 0.751. The van der Waals surface area contributed by atoms with Crippen molar-refractivity contribution in [3.05, 3.63) is 70.2 Å². The van der Waals surface area contributed by atoms with Crippen molar-refractivity contribution in [1.82, 2.24) is 10.2 Å². The SMILES string of the molecule is O=C(NC[C@@H]1CCCO1)c1ccc([C@H]2SCC(=O)N2Cc2ccc(Cl)cc2)cc1. The van der Waals surface area contributed by atoms with Gasteiger partial charge in [0, 0.05) is 30.3 Å². The third-order valence-electron chi connectivity index (χ3n) is 5.21. The fraction of sp³-hybridized carbons (Fsp3) is 0.364. The first-order chi connectivity index (χ1) is 14.1. The number of carbonyl (C=O) groups is 2. The number of hydrogen-bond donors (Lipinski definition) is 1. The fourth-order valence-corrected chi connectivity index (χ4v) is 4.91. The predicted molar refractivity (Wildman–Crippen MR) is 115 cm³/mol. The summed E-state index contributed by atoms with van der Waals surface area (Å²) in [4.78, 5) is 26.7. The van der Waals surface area contributed by atoms with Crippen molar-refractivity contribution in [2.75, 3.05) is 18.9 Å². The average Bonchev–Trinajstić information content (AvgIpc) is 3.38. The van der Waals surface area contributed by atoms with Crippen molar-refractivity contribution in [2.24, 2.45) is 0 Å². The number of thioether (sulfide) groups is 1. The second-order valence-corrected chi connectivity index (χ2v) is 8.78. The minimum atomic E-state index is -0.0970. The van der Waals surface area contributed by atoms with E-state index in [9.17, 15) is 9.59 Å². The lowest BCUT2D eigenvalue weighted by atomic mass is 10.1. The van der Waals surface area contributed by atoms with Gasteiger partial charge in [0.05, 0.1) is 11.9 Å². The largest absolute Gasteiger partial charge is 0.376 e. The molecule has 0 unspecified atom stereocenters. The third-order valence-corrected chi connectivity index (χ3v) is 6.71. The molecule has 2 fully saturated rings. The Bertz CT molecular complexity index is 867. The highest BCUT2D eigenvalue weighted by atomic mass is 35.5. The van der Waals surface area contributed by atoms with Crippen molar-refractivity contribution >= 4 is 35.2 Å². The Labute approximate surface area is 179 Å². The van der Waals surface area contributed by atoms with E-state index in [2.05, 4.69) is 5.32 Å². The van der Waals surface area contributed by atoms with Crippen LogP contribution in [0.2, 0.25) is 5.02 Å². The first-order valence-electron chi connectivity index (χ1n) is 9.75. The van der Waals surface area contributed by atoms with Gasteiger partial charge < -0.3 is 15.0 Å². The first kappa shape index (κ1) is 20.3. The Hall–Kier alpha value is -2.02. The van der Waals surface area contributed by atoms with Crippen molar-refractivity contribution in [1.29, 1.82) is 0 Å². The number of rotatable bonds is 6. The maximum atomic E-state index is 12.4. The monoisotopic (exact) mass is 430 g/mol. The van der Waals surface area contributed by atoms with Crippen molar-refractivity contribution in [2.45, 2.75) is 30.9 Å². The zero-order chi connectivity index (χ0) is 20.2. The molecule has 0 bridgehead atoms. The molecule has 2 aliphatic heterocycles. The molecule has 2 aliphatic rings.